The number of rotatable bonds is 5. The highest BCUT2D eigenvalue weighted by Gasteiger charge is 2.16. The van der Waals surface area contributed by atoms with Crippen LogP contribution < -0.4 is 5.73 Å². The Morgan fingerprint density at radius 2 is 2.12 bits per heavy atom. The maximum atomic E-state index is 11.0. The molecule has 3 heteroatoms. The standard InChI is InChI=1S/C13H18ClNO/c1-9(2)6-11(8-13(15)16)10-4-3-5-12(14)7-10/h3-5,7,9,11H,6,8H2,1-2H3,(H2,15,16). The molecule has 0 spiro atoms. The minimum atomic E-state index is -0.259. The summed E-state index contributed by atoms with van der Waals surface area (Å²) in [5, 5.41) is 0.704. The van der Waals surface area contributed by atoms with E-state index in [1.165, 1.54) is 0 Å². The van der Waals surface area contributed by atoms with E-state index >= 15 is 0 Å². The second-order valence-corrected chi connectivity index (χ2v) is 4.99. The third-order valence-electron chi connectivity index (χ3n) is 2.52. The highest BCUT2D eigenvalue weighted by molar-refractivity contribution is 6.30. The summed E-state index contributed by atoms with van der Waals surface area (Å²) < 4.78 is 0. The first-order chi connectivity index (χ1) is 7.49. The molecule has 0 aromatic heterocycles. The van der Waals surface area contributed by atoms with Crippen molar-refractivity contribution in [2.75, 3.05) is 0 Å². The van der Waals surface area contributed by atoms with Gasteiger partial charge < -0.3 is 5.73 Å². The highest BCUT2D eigenvalue weighted by atomic mass is 35.5. The largest absolute Gasteiger partial charge is 0.370 e. The number of benzene rings is 1. The van der Waals surface area contributed by atoms with Crippen LogP contribution in [0.1, 0.15) is 38.2 Å². The smallest absolute Gasteiger partial charge is 0.218 e. The molecule has 0 bridgehead atoms. The number of primary amides is 1. The molecular formula is C13H18ClNO. The van der Waals surface area contributed by atoms with Crippen LogP contribution in [-0.4, -0.2) is 5.91 Å². The van der Waals surface area contributed by atoms with Crippen molar-refractivity contribution >= 4 is 17.5 Å². The maximum absolute atomic E-state index is 11.0. The van der Waals surface area contributed by atoms with E-state index < -0.39 is 0 Å². The summed E-state index contributed by atoms with van der Waals surface area (Å²) in [6.07, 6.45) is 1.34. The minimum absolute atomic E-state index is 0.177. The Bertz CT molecular complexity index is 363. The fourth-order valence-corrected chi connectivity index (χ4v) is 2.11. The SMILES string of the molecule is CC(C)CC(CC(N)=O)c1cccc(Cl)c1. The molecule has 1 aromatic rings. The maximum Gasteiger partial charge on any atom is 0.218 e. The molecule has 0 fully saturated rings. The molecule has 0 saturated carbocycles. The summed E-state index contributed by atoms with van der Waals surface area (Å²) in [5.74, 6) is 0.449. The number of carbonyl (C=O) groups is 1. The van der Waals surface area contributed by atoms with E-state index in [2.05, 4.69) is 13.8 Å². The lowest BCUT2D eigenvalue weighted by Crippen LogP contribution is -2.16. The average Bonchev–Trinajstić information content (AvgIpc) is 2.15. The van der Waals surface area contributed by atoms with Crippen LogP contribution >= 0.6 is 11.6 Å². The molecule has 0 aliphatic rings. The molecule has 0 aliphatic heterocycles. The van der Waals surface area contributed by atoms with Crippen molar-refractivity contribution in [2.24, 2.45) is 11.7 Å². The van der Waals surface area contributed by atoms with Gasteiger partial charge in [0.15, 0.2) is 0 Å². The van der Waals surface area contributed by atoms with Crippen LogP contribution in [-0.2, 0) is 4.79 Å². The fourth-order valence-electron chi connectivity index (χ4n) is 1.91. The Balaban J connectivity index is 2.86. The quantitative estimate of drug-likeness (QED) is 0.842. The van der Waals surface area contributed by atoms with Gasteiger partial charge in [0.1, 0.15) is 0 Å². The van der Waals surface area contributed by atoms with Crippen LogP contribution in [0.3, 0.4) is 0 Å². The molecule has 0 aliphatic carbocycles. The number of carbonyl (C=O) groups excluding carboxylic acids is 1. The fraction of sp³-hybridized carbons (Fsp3) is 0.462. The third kappa shape index (κ3) is 4.23. The molecular weight excluding hydrogens is 222 g/mol. The van der Waals surface area contributed by atoms with E-state index in [4.69, 9.17) is 17.3 Å². The Kier molecular flexibility index (Phi) is 4.81. The van der Waals surface area contributed by atoms with Gasteiger partial charge in [0, 0.05) is 11.4 Å². The van der Waals surface area contributed by atoms with Crippen molar-refractivity contribution in [3.8, 4) is 0 Å². The van der Waals surface area contributed by atoms with Gasteiger partial charge in [-0.05, 0) is 36.0 Å². The van der Waals surface area contributed by atoms with Crippen molar-refractivity contribution < 1.29 is 4.79 Å². The lowest BCUT2D eigenvalue weighted by atomic mass is 9.87. The molecule has 1 unspecified atom stereocenters. The topological polar surface area (TPSA) is 43.1 Å². The predicted molar refractivity (Wildman–Crippen MR) is 67.5 cm³/mol. The molecule has 1 aromatic carbocycles. The van der Waals surface area contributed by atoms with Gasteiger partial charge in [-0.3, -0.25) is 4.79 Å². The molecule has 2 N–H and O–H groups in total. The van der Waals surface area contributed by atoms with Crippen molar-refractivity contribution in [1.82, 2.24) is 0 Å². The number of amides is 1. The molecule has 1 atom stereocenters. The lowest BCUT2D eigenvalue weighted by molar-refractivity contribution is -0.118. The monoisotopic (exact) mass is 239 g/mol. The molecule has 16 heavy (non-hydrogen) atoms. The zero-order valence-electron chi connectivity index (χ0n) is 9.74. The van der Waals surface area contributed by atoms with Gasteiger partial charge in [0.2, 0.25) is 5.91 Å². The van der Waals surface area contributed by atoms with Gasteiger partial charge in [-0.2, -0.15) is 0 Å². The first kappa shape index (κ1) is 13.0. The zero-order valence-corrected chi connectivity index (χ0v) is 10.5. The van der Waals surface area contributed by atoms with E-state index in [1.54, 1.807) is 0 Å². The van der Waals surface area contributed by atoms with Crippen molar-refractivity contribution in [2.45, 2.75) is 32.6 Å². The van der Waals surface area contributed by atoms with Crippen LogP contribution in [0.2, 0.25) is 5.02 Å². The third-order valence-corrected chi connectivity index (χ3v) is 2.76. The molecule has 0 radical (unpaired) electrons. The Morgan fingerprint density at radius 3 is 2.62 bits per heavy atom. The molecule has 1 amide bonds. The lowest BCUT2D eigenvalue weighted by Gasteiger charge is -2.18. The molecule has 88 valence electrons. The van der Waals surface area contributed by atoms with Crippen LogP contribution in [0.5, 0.6) is 0 Å². The van der Waals surface area contributed by atoms with Gasteiger partial charge in [0.25, 0.3) is 0 Å². The number of nitrogens with two attached hydrogens (primary N) is 1. The van der Waals surface area contributed by atoms with E-state index in [0.717, 1.165) is 12.0 Å². The second-order valence-electron chi connectivity index (χ2n) is 4.55. The van der Waals surface area contributed by atoms with Crippen LogP contribution in [0.25, 0.3) is 0 Å². The Morgan fingerprint density at radius 1 is 1.44 bits per heavy atom. The van der Waals surface area contributed by atoms with E-state index in [-0.39, 0.29) is 11.8 Å². The molecule has 2 nitrogen and oxygen atoms in total. The van der Waals surface area contributed by atoms with Crippen LogP contribution in [0.15, 0.2) is 24.3 Å². The van der Waals surface area contributed by atoms with Crippen molar-refractivity contribution in [3.63, 3.8) is 0 Å². The van der Waals surface area contributed by atoms with E-state index in [9.17, 15) is 4.79 Å². The summed E-state index contributed by atoms with van der Waals surface area (Å²) in [7, 11) is 0. The van der Waals surface area contributed by atoms with Gasteiger partial charge in [0.05, 0.1) is 0 Å². The average molecular weight is 240 g/mol. The molecule has 0 heterocycles. The number of halogens is 1. The minimum Gasteiger partial charge on any atom is -0.370 e. The normalized spacial score (nSPS) is 12.8. The van der Waals surface area contributed by atoms with Gasteiger partial charge in [-0.1, -0.05) is 37.6 Å². The summed E-state index contributed by atoms with van der Waals surface area (Å²) in [5.41, 5.74) is 6.37. The molecule has 0 saturated heterocycles. The van der Waals surface area contributed by atoms with Crippen LogP contribution in [0, 0.1) is 5.92 Å². The second kappa shape index (κ2) is 5.90. The van der Waals surface area contributed by atoms with Crippen LogP contribution in [0.4, 0.5) is 0 Å². The van der Waals surface area contributed by atoms with E-state index in [0.29, 0.717) is 17.4 Å². The number of hydrogen-bond donors (Lipinski definition) is 1. The zero-order chi connectivity index (χ0) is 12.1. The predicted octanol–water partition coefficient (Wildman–Crippen LogP) is 3.35. The highest BCUT2D eigenvalue weighted by Crippen LogP contribution is 2.28. The van der Waals surface area contributed by atoms with E-state index in [1.807, 2.05) is 24.3 Å². The van der Waals surface area contributed by atoms with Crippen molar-refractivity contribution in [3.05, 3.63) is 34.9 Å². The van der Waals surface area contributed by atoms with Gasteiger partial charge >= 0.3 is 0 Å². The number of hydrogen-bond acceptors (Lipinski definition) is 1. The Labute approximate surface area is 102 Å². The summed E-state index contributed by atoms with van der Waals surface area (Å²) >= 11 is 5.95. The van der Waals surface area contributed by atoms with Crippen molar-refractivity contribution in [1.29, 1.82) is 0 Å². The molecule has 1 rings (SSSR count). The Hall–Kier alpha value is -1.02. The van der Waals surface area contributed by atoms with Gasteiger partial charge in [-0.25, -0.2) is 0 Å². The summed E-state index contributed by atoms with van der Waals surface area (Å²) in [6.45, 7) is 4.27. The summed E-state index contributed by atoms with van der Waals surface area (Å²) in [6, 6.07) is 7.66. The first-order valence-electron chi connectivity index (χ1n) is 5.52. The summed E-state index contributed by atoms with van der Waals surface area (Å²) in [4.78, 5) is 11.0. The van der Waals surface area contributed by atoms with Gasteiger partial charge in [-0.15, -0.1) is 0 Å². The first-order valence-corrected chi connectivity index (χ1v) is 5.90.